The molecule has 0 aliphatic rings. The number of methoxy groups -OCH3 is 2. The number of benzene rings is 2. The Kier molecular flexibility index (Phi) is 7.07. The maximum Gasteiger partial charge on any atom is 0.189 e. The van der Waals surface area contributed by atoms with Crippen LogP contribution in [-0.2, 0) is 0 Å². The number of ether oxygens (including phenoxy) is 3. The van der Waals surface area contributed by atoms with Crippen LogP contribution in [0.2, 0.25) is 0 Å². The Morgan fingerprint density at radius 2 is 1.88 bits per heavy atom. The van der Waals surface area contributed by atoms with E-state index in [0.29, 0.717) is 23.7 Å². The molecule has 0 saturated carbocycles. The molecule has 5 heteroatoms. The maximum atomic E-state index is 12.5. The van der Waals surface area contributed by atoms with Crippen molar-refractivity contribution in [3.8, 4) is 17.2 Å². The lowest BCUT2D eigenvalue weighted by Crippen LogP contribution is -2.00. The van der Waals surface area contributed by atoms with Crippen molar-refractivity contribution in [2.75, 3.05) is 20.8 Å². The zero-order chi connectivity index (χ0) is 18.2. The highest BCUT2D eigenvalue weighted by Crippen LogP contribution is 2.27. The highest BCUT2D eigenvalue weighted by molar-refractivity contribution is 9.10. The van der Waals surface area contributed by atoms with Crippen molar-refractivity contribution in [3.05, 3.63) is 58.1 Å². The lowest BCUT2D eigenvalue weighted by atomic mass is 10.1. The second-order valence-corrected chi connectivity index (χ2v) is 6.21. The number of rotatable bonds is 8. The van der Waals surface area contributed by atoms with Gasteiger partial charge in [0.25, 0.3) is 0 Å². The van der Waals surface area contributed by atoms with Gasteiger partial charge in [-0.2, -0.15) is 0 Å². The summed E-state index contributed by atoms with van der Waals surface area (Å²) >= 11 is 3.45. The fourth-order valence-corrected chi connectivity index (χ4v) is 2.63. The Hall–Kier alpha value is -2.27. The van der Waals surface area contributed by atoms with Crippen molar-refractivity contribution >= 4 is 27.8 Å². The lowest BCUT2D eigenvalue weighted by molar-refractivity contribution is 0.104. The monoisotopic (exact) mass is 404 g/mol. The highest BCUT2D eigenvalue weighted by Gasteiger charge is 2.11. The minimum atomic E-state index is -0.152. The average Bonchev–Trinajstić information content (AvgIpc) is 2.64. The maximum absolute atomic E-state index is 12.5. The van der Waals surface area contributed by atoms with E-state index in [-0.39, 0.29) is 5.78 Å². The van der Waals surface area contributed by atoms with Crippen molar-refractivity contribution in [3.63, 3.8) is 0 Å². The van der Waals surface area contributed by atoms with Gasteiger partial charge in [-0.3, -0.25) is 4.79 Å². The van der Waals surface area contributed by atoms with E-state index in [2.05, 4.69) is 15.9 Å². The predicted molar refractivity (Wildman–Crippen MR) is 103 cm³/mol. The summed E-state index contributed by atoms with van der Waals surface area (Å²) in [4.78, 5) is 12.5. The molecule has 2 rings (SSSR count). The van der Waals surface area contributed by atoms with Crippen LogP contribution in [0.4, 0.5) is 0 Å². The van der Waals surface area contributed by atoms with Crippen LogP contribution in [0.15, 0.2) is 46.9 Å². The Morgan fingerprint density at radius 3 is 2.56 bits per heavy atom. The molecule has 0 bridgehead atoms. The van der Waals surface area contributed by atoms with E-state index in [9.17, 15) is 4.79 Å². The van der Waals surface area contributed by atoms with Crippen LogP contribution in [0, 0.1) is 0 Å². The third kappa shape index (κ3) is 5.10. The van der Waals surface area contributed by atoms with Gasteiger partial charge < -0.3 is 14.2 Å². The topological polar surface area (TPSA) is 44.8 Å². The van der Waals surface area contributed by atoms with Gasteiger partial charge in [-0.25, -0.2) is 0 Å². The zero-order valence-corrected chi connectivity index (χ0v) is 16.1. The summed E-state index contributed by atoms with van der Waals surface area (Å²) in [7, 11) is 3.10. The molecule has 0 atom stereocenters. The molecule has 0 aliphatic heterocycles. The summed E-state index contributed by atoms with van der Waals surface area (Å²) in [6.07, 6.45) is 4.19. The van der Waals surface area contributed by atoms with Crippen molar-refractivity contribution in [1.29, 1.82) is 0 Å². The largest absolute Gasteiger partial charge is 0.497 e. The van der Waals surface area contributed by atoms with E-state index in [4.69, 9.17) is 14.2 Å². The van der Waals surface area contributed by atoms with E-state index < -0.39 is 0 Å². The van der Waals surface area contributed by atoms with Crippen LogP contribution in [0.3, 0.4) is 0 Å². The van der Waals surface area contributed by atoms with E-state index in [1.54, 1.807) is 31.4 Å². The van der Waals surface area contributed by atoms with Crippen molar-refractivity contribution < 1.29 is 19.0 Å². The molecule has 2 aromatic carbocycles. The molecule has 0 spiro atoms. The summed E-state index contributed by atoms with van der Waals surface area (Å²) in [6.45, 7) is 2.68. The van der Waals surface area contributed by atoms with E-state index in [0.717, 1.165) is 22.2 Å². The van der Waals surface area contributed by atoms with E-state index in [1.807, 2.05) is 25.1 Å². The third-order valence-corrected chi connectivity index (χ3v) is 4.02. The van der Waals surface area contributed by atoms with Crippen LogP contribution in [0.1, 0.15) is 29.3 Å². The van der Waals surface area contributed by atoms with Gasteiger partial charge in [-0.1, -0.05) is 22.9 Å². The number of carbonyl (C=O) groups is 1. The van der Waals surface area contributed by atoms with Crippen LogP contribution in [0.25, 0.3) is 6.08 Å². The number of hydrogen-bond donors (Lipinski definition) is 0. The van der Waals surface area contributed by atoms with Crippen molar-refractivity contribution in [2.45, 2.75) is 13.3 Å². The Labute approximate surface area is 156 Å². The first-order valence-corrected chi connectivity index (χ1v) is 8.75. The summed E-state index contributed by atoms with van der Waals surface area (Å²) in [5, 5.41) is 0. The quantitative estimate of drug-likeness (QED) is 0.450. The van der Waals surface area contributed by atoms with Crippen molar-refractivity contribution in [2.24, 2.45) is 0 Å². The van der Waals surface area contributed by atoms with Gasteiger partial charge in [0.2, 0.25) is 0 Å². The molecule has 0 aromatic heterocycles. The molecule has 0 N–H and O–H groups in total. The fourth-order valence-electron chi connectivity index (χ4n) is 2.25. The number of carbonyl (C=O) groups excluding carboxylic acids is 1. The molecule has 0 saturated heterocycles. The number of hydrogen-bond acceptors (Lipinski definition) is 4. The zero-order valence-electron chi connectivity index (χ0n) is 14.5. The second kappa shape index (κ2) is 9.28. The molecule has 0 amide bonds. The molecule has 0 heterocycles. The van der Waals surface area contributed by atoms with Crippen LogP contribution in [0.5, 0.6) is 17.2 Å². The normalized spacial score (nSPS) is 10.7. The number of ketones is 1. The molecule has 0 fully saturated rings. The molecular weight excluding hydrogens is 384 g/mol. The second-order valence-electron chi connectivity index (χ2n) is 5.29. The van der Waals surface area contributed by atoms with E-state index >= 15 is 0 Å². The lowest BCUT2D eigenvalue weighted by Gasteiger charge is -2.09. The molecule has 0 unspecified atom stereocenters. The molecular formula is C20H21BrO4. The average molecular weight is 405 g/mol. The Balaban J connectivity index is 2.27. The number of allylic oxidation sites excluding steroid dienone is 1. The van der Waals surface area contributed by atoms with Crippen LogP contribution in [-0.4, -0.2) is 26.6 Å². The first kappa shape index (κ1) is 19.1. The Bertz CT molecular complexity index is 768. The predicted octanol–water partition coefficient (Wildman–Crippen LogP) is 5.15. The summed E-state index contributed by atoms with van der Waals surface area (Å²) in [5.74, 6) is 1.71. The summed E-state index contributed by atoms with van der Waals surface area (Å²) in [5.41, 5.74) is 1.31. The molecule has 4 nitrogen and oxygen atoms in total. The Morgan fingerprint density at radius 1 is 1.08 bits per heavy atom. The molecule has 132 valence electrons. The van der Waals surface area contributed by atoms with Crippen molar-refractivity contribution in [1.82, 2.24) is 0 Å². The van der Waals surface area contributed by atoms with Crippen LogP contribution < -0.4 is 14.2 Å². The van der Waals surface area contributed by atoms with Gasteiger partial charge >= 0.3 is 0 Å². The van der Waals surface area contributed by atoms with Gasteiger partial charge in [-0.15, -0.1) is 0 Å². The summed E-state index contributed by atoms with van der Waals surface area (Å²) < 4.78 is 17.1. The van der Waals surface area contributed by atoms with Gasteiger partial charge in [0, 0.05) is 16.1 Å². The van der Waals surface area contributed by atoms with Crippen LogP contribution >= 0.6 is 15.9 Å². The molecule has 0 radical (unpaired) electrons. The molecule has 25 heavy (non-hydrogen) atoms. The molecule has 2 aromatic rings. The van der Waals surface area contributed by atoms with Gasteiger partial charge in [0.05, 0.1) is 26.4 Å². The number of halogens is 1. The fraction of sp³-hybridized carbons (Fsp3) is 0.250. The third-order valence-electron chi connectivity index (χ3n) is 3.52. The molecule has 0 aliphatic carbocycles. The standard InChI is InChI=1S/C20H21BrO4/c1-4-11-25-19-10-6-15(21)12-14(19)5-9-18(22)17-8-7-16(23-2)13-20(17)24-3/h5-10,12-13H,4,11H2,1-3H3/b9-5+. The van der Waals surface area contributed by atoms with Gasteiger partial charge in [0.1, 0.15) is 17.2 Å². The van der Waals surface area contributed by atoms with Gasteiger partial charge in [0.15, 0.2) is 5.78 Å². The minimum Gasteiger partial charge on any atom is -0.497 e. The smallest absolute Gasteiger partial charge is 0.189 e. The highest BCUT2D eigenvalue weighted by atomic mass is 79.9. The first-order valence-electron chi connectivity index (χ1n) is 7.95. The van der Waals surface area contributed by atoms with Gasteiger partial charge in [-0.05, 0) is 48.9 Å². The minimum absolute atomic E-state index is 0.152. The van der Waals surface area contributed by atoms with E-state index in [1.165, 1.54) is 13.2 Å². The summed E-state index contributed by atoms with van der Waals surface area (Å²) in [6, 6.07) is 10.8. The SMILES string of the molecule is CCCOc1ccc(Br)cc1/C=C/C(=O)c1ccc(OC)cc1OC. The first-order chi connectivity index (χ1) is 12.1.